The average molecular weight is 303 g/mol. The van der Waals surface area contributed by atoms with E-state index in [0.717, 1.165) is 31.4 Å². The predicted octanol–water partition coefficient (Wildman–Crippen LogP) is 2.81. The van der Waals surface area contributed by atoms with Crippen LogP contribution in [0, 0.1) is 17.2 Å². The zero-order chi connectivity index (χ0) is 15.9. The zero-order valence-corrected chi connectivity index (χ0v) is 12.6. The smallest absolute Gasteiger partial charge is 0.404 e. The van der Waals surface area contributed by atoms with Crippen LogP contribution in [0.5, 0.6) is 5.75 Å². The van der Waals surface area contributed by atoms with E-state index in [2.05, 4.69) is 16.7 Å². The molecule has 1 aliphatic rings. The van der Waals surface area contributed by atoms with Gasteiger partial charge in [0.25, 0.3) is 0 Å². The van der Waals surface area contributed by atoms with Crippen molar-refractivity contribution in [3.8, 4) is 11.8 Å². The summed E-state index contributed by atoms with van der Waals surface area (Å²) in [5.74, 6) is 0.997. The van der Waals surface area contributed by atoms with Crippen LogP contribution in [0.2, 0.25) is 0 Å². The first kappa shape index (κ1) is 16.0. The molecule has 22 heavy (non-hydrogen) atoms. The minimum absolute atomic E-state index is 0.374. The Kier molecular flexibility index (Phi) is 5.48. The van der Waals surface area contributed by atoms with Gasteiger partial charge in [-0.3, -0.25) is 0 Å². The summed E-state index contributed by atoms with van der Waals surface area (Å²) in [6.45, 7) is 0.534. The van der Waals surface area contributed by atoms with E-state index in [1.807, 2.05) is 12.1 Å². The third-order valence-corrected chi connectivity index (χ3v) is 4.08. The molecular formula is C16H21N3O3. The summed E-state index contributed by atoms with van der Waals surface area (Å²) >= 11 is 0. The van der Waals surface area contributed by atoms with Crippen LogP contribution in [-0.4, -0.2) is 30.9 Å². The largest absolute Gasteiger partial charge is 0.495 e. The fourth-order valence-corrected chi connectivity index (χ4v) is 2.85. The van der Waals surface area contributed by atoms with Gasteiger partial charge in [-0.2, -0.15) is 5.26 Å². The molecule has 0 spiro atoms. The highest BCUT2D eigenvalue weighted by molar-refractivity contribution is 5.64. The molecule has 3 N–H and O–H groups in total. The highest BCUT2D eigenvalue weighted by Gasteiger charge is 2.21. The van der Waals surface area contributed by atoms with Crippen molar-refractivity contribution < 1.29 is 14.6 Å². The van der Waals surface area contributed by atoms with E-state index in [1.54, 1.807) is 13.2 Å². The number of hydrogen-bond donors (Lipinski definition) is 3. The topological polar surface area (TPSA) is 94.4 Å². The van der Waals surface area contributed by atoms with E-state index < -0.39 is 6.09 Å². The number of nitrogens with zero attached hydrogens (tertiary/aromatic N) is 1. The Labute approximate surface area is 130 Å². The Morgan fingerprint density at radius 1 is 1.41 bits per heavy atom. The number of anilines is 1. The fraction of sp³-hybridized carbons (Fsp3) is 0.500. The van der Waals surface area contributed by atoms with Crippen LogP contribution in [0.3, 0.4) is 0 Å². The van der Waals surface area contributed by atoms with E-state index in [-0.39, 0.29) is 0 Å². The quantitative estimate of drug-likeness (QED) is 0.777. The SMILES string of the molecule is COc1cc(N[C@H]2CC[C@H](CNC(=O)O)CC2)ccc1C#N. The Morgan fingerprint density at radius 2 is 2.14 bits per heavy atom. The lowest BCUT2D eigenvalue weighted by molar-refractivity contribution is 0.190. The summed E-state index contributed by atoms with van der Waals surface area (Å²) in [6, 6.07) is 7.96. The van der Waals surface area contributed by atoms with Gasteiger partial charge in [-0.25, -0.2) is 4.79 Å². The Morgan fingerprint density at radius 3 is 2.73 bits per heavy atom. The van der Waals surface area contributed by atoms with Gasteiger partial charge in [-0.1, -0.05) is 0 Å². The maximum Gasteiger partial charge on any atom is 0.404 e. The third-order valence-electron chi connectivity index (χ3n) is 4.08. The molecule has 0 heterocycles. The summed E-state index contributed by atoms with van der Waals surface area (Å²) in [7, 11) is 1.56. The van der Waals surface area contributed by atoms with Gasteiger partial charge in [-0.15, -0.1) is 0 Å². The normalized spacial score (nSPS) is 20.7. The molecule has 1 aliphatic carbocycles. The van der Waals surface area contributed by atoms with Crippen molar-refractivity contribution in [1.29, 1.82) is 5.26 Å². The second-order valence-corrected chi connectivity index (χ2v) is 5.57. The summed E-state index contributed by atoms with van der Waals surface area (Å²) in [6.07, 6.45) is 3.07. The van der Waals surface area contributed by atoms with Crippen molar-refractivity contribution in [3.05, 3.63) is 23.8 Å². The number of benzene rings is 1. The lowest BCUT2D eigenvalue weighted by Crippen LogP contribution is -2.33. The van der Waals surface area contributed by atoms with Gasteiger partial charge in [0.05, 0.1) is 12.7 Å². The molecule has 1 amide bonds. The van der Waals surface area contributed by atoms with Crippen molar-refractivity contribution in [2.24, 2.45) is 5.92 Å². The molecule has 0 aliphatic heterocycles. The number of rotatable bonds is 5. The average Bonchev–Trinajstić information content (AvgIpc) is 2.54. The molecule has 0 radical (unpaired) electrons. The van der Waals surface area contributed by atoms with Crippen LogP contribution < -0.4 is 15.4 Å². The number of carboxylic acid groups (broad SMARTS) is 1. The maximum absolute atomic E-state index is 10.5. The molecule has 1 aromatic rings. The van der Waals surface area contributed by atoms with E-state index in [0.29, 0.717) is 29.8 Å². The molecule has 0 aromatic heterocycles. The van der Waals surface area contributed by atoms with Crippen molar-refractivity contribution >= 4 is 11.8 Å². The molecule has 2 rings (SSSR count). The number of ether oxygens (including phenoxy) is 1. The van der Waals surface area contributed by atoms with Gasteiger partial charge >= 0.3 is 6.09 Å². The van der Waals surface area contributed by atoms with E-state index in [1.165, 1.54) is 0 Å². The molecule has 0 bridgehead atoms. The predicted molar refractivity (Wildman–Crippen MR) is 83.1 cm³/mol. The molecule has 6 nitrogen and oxygen atoms in total. The van der Waals surface area contributed by atoms with Gasteiger partial charge in [0.1, 0.15) is 11.8 Å². The molecular weight excluding hydrogens is 282 g/mol. The van der Waals surface area contributed by atoms with E-state index >= 15 is 0 Å². The molecule has 0 unspecified atom stereocenters. The standard InChI is InChI=1S/C16H21N3O3/c1-22-15-8-14(7-4-12(15)9-17)19-13-5-2-11(3-6-13)10-18-16(20)21/h4,7-8,11,13,18-19H,2-3,5-6,10H2,1H3,(H,20,21)/t11-,13-. The first-order valence-electron chi connectivity index (χ1n) is 7.44. The number of nitrogens with one attached hydrogen (secondary N) is 2. The summed E-state index contributed by atoms with van der Waals surface area (Å²) in [5.41, 5.74) is 1.47. The van der Waals surface area contributed by atoms with Crippen molar-refractivity contribution in [3.63, 3.8) is 0 Å². The van der Waals surface area contributed by atoms with Gasteiger partial charge in [-0.05, 0) is 43.7 Å². The summed E-state index contributed by atoms with van der Waals surface area (Å²) in [5, 5.41) is 23.5. The first-order chi connectivity index (χ1) is 10.6. The molecule has 1 saturated carbocycles. The molecule has 0 atom stereocenters. The fourth-order valence-electron chi connectivity index (χ4n) is 2.85. The van der Waals surface area contributed by atoms with Gasteiger partial charge in [0.2, 0.25) is 0 Å². The van der Waals surface area contributed by atoms with Crippen LogP contribution in [0.4, 0.5) is 10.5 Å². The van der Waals surface area contributed by atoms with Crippen LogP contribution in [0.15, 0.2) is 18.2 Å². The molecule has 118 valence electrons. The van der Waals surface area contributed by atoms with Gasteiger partial charge < -0.3 is 20.5 Å². The zero-order valence-electron chi connectivity index (χ0n) is 12.6. The van der Waals surface area contributed by atoms with Crippen molar-refractivity contribution in [1.82, 2.24) is 5.32 Å². The van der Waals surface area contributed by atoms with Crippen LogP contribution in [0.25, 0.3) is 0 Å². The number of carbonyl (C=O) groups is 1. The number of amides is 1. The monoisotopic (exact) mass is 303 g/mol. The number of nitriles is 1. The Balaban J connectivity index is 1.86. The van der Waals surface area contributed by atoms with Crippen LogP contribution in [0.1, 0.15) is 31.2 Å². The summed E-state index contributed by atoms with van der Waals surface area (Å²) < 4.78 is 5.21. The Bertz CT molecular complexity index is 560. The first-order valence-corrected chi connectivity index (χ1v) is 7.44. The number of hydrogen-bond acceptors (Lipinski definition) is 4. The lowest BCUT2D eigenvalue weighted by Gasteiger charge is -2.29. The maximum atomic E-state index is 10.5. The molecule has 1 fully saturated rings. The van der Waals surface area contributed by atoms with E-state index in [4.69, 9.17) is 15.1 Å². The highest BCUT2D eigenvalue weighted by atomic mass is 16.5. The van der Waals surface area contributed by atoms with Crippen LogP contribution in [-0.2, 0) is 0 Å². The minimum Gasteiger partial charge on any atom is -0.495 e. The second kappa shape index (κ2) is 7.55. The minimum atomic E-state index is -0.954. The lowest BCUT2D eigenvalue weighted by atomic mass is 9.86. The van der Waals surface area contributed by atoms with Crippen LogP contribution >= 0.6 is 0 Å². The van der Waals surface area contributed by atoms with Gasteiger partial charge in [0.15, 0.2) is 0 Å². The summed E-state index contributed by atoms with van der Waals surface area (Å²) in [4.78, 5) is 10.5. The third kappa shape index (κ3) is 4.29. The second-order valence-electron chi connectivity index (χ2n) is 5.57. The van der Waals surface area contributed by atoms with Crippen molar-refractivity contribution in [2.45, 2.75) is 31.7 Å². The Hall–Kier alpha value is -2.42. The van der Waals surface area contributed by atoms with Crippen molar-refractivity contribution in [2.75, 3.05) is 19.0 Å². The van der Waals surface area contributed by atoms with Gasteiger partial charge in [0, 0.05) is 24.3 Å². The number of methoxy groups -OCH3 is 1. The molecule has 1 aromatic carbocycles. The van der Waals surface area contributed by atoms with E-state index in [9.17, 15) is 4.79 Å². The molecule has 0 saturated heterocycles. The molecule has 6 heteroatoms. The highest BCUT2D eigenvalue weighted by Crippen LogP contribution is 2.28.